The van der Waals surface area contributed by atoms with Gasteiger partial charge in [-0.3, -0.25) is 23.4 Å². The largest absolute Gasteiger partial charge is 0.472 e. The third-order valence-corrected chi connectivity index (χ3v) is 16.2. The van der Waals surface area contributed by atoms with E-state index in [2.05, 4.69) is 69.4 Å². The summed E-state index contributed by atoms with van der Waals surface area (Å²) in [6, 6.07) is 0. The van der Waals surface area contributed by atoms with E-state index in [-0.39, 0.29) is 25.9 Å². The highest BCUT2D eigenvalue weighted by Gasteiger charge is 2.28. The van der Waals surface area contributed by atoms with Crippen molar-refractivity contribution in [2.24, 2.45) is 0 Å². The molecule has 0 bridgehead atoms. The quantitative estimate of drug-likeness (QED) is 0.0197. The average molecular weight is 1180 g/mol. The minimum absolute atomic E-state index is 0.170. The molecule has 12 heteroatoms. The Hall–Kier alpha value is -2.56. The van der Waals surface area contributed by atoms with Gasteiger partial charge in [0, 0.05) is 19.3 Å². The molecule has 0 saturated carbocycles. The van der Waals surface area contributed by atoms with Crippen LogP contribution in [0.15, 0.2) is 48.6 Å². The van der Waals surface area contributed by atoms with Crippen LogP contribution in [0.5, 0.6) is 0 Å². The van der Waals surface area contributed by atoms with Gasteiger partial charge in [0.1, 0.15) is 12.7 Å². The van der Waals surface area contributed by atoms with E-state index in [9.17, 15) is 28.9 Å². The SMILES string of the molecule is CC/C=C\C/C=C\C/C=C\C/C=C\CCCCCCCCC(=O)OCC(COP(=O)(O)OCC(CO)OC(=O)CCCCCCCCCCCCCCCCCCC)OC(=O)CCCCCCCCCCCCCCCCCCCCC. The number of rotatable bonds is 65. The van der Waals surface area contributed by atoms with Crippen molar-refractivity contribution in [3.8, 4) is 0 Å². The van der Waals surface area contributed by atoms with Gasteiger partial charge in [-0.2, -0.15) is 0 Å². The highest BCUT2D eigenvalue weighted by molar-refractivity contribution is 7.47. The molecule has 0 heterocycles. The van der Waals surface area contributed by atoms with Crippen LogP contribution in [0.25, 0.3) is 0 Å². The summed E-state index contributed by atoms with van der Waals surface area (Å²) >= 11 is 0. The summed E-state index contributed by atoms with van der Waals surface area (Å²) in [5, 5.41) is 9.88. The van der Waals surface area contributed by atoms with E-state index >= 15 is 0 Å². The van der Waals surface area contributed by atoms with Crippen molar-refractivity contribution in [1.82, 2.24) is 0 Å². The number of ether oxygens (including phenoxy) is 3. The van der Waals surface area contributed by atoms with Crippen molar-refractivity contribution in [1.29, 1.82) is 0 Å². The van der Waals surface area contributed by atoms with Gasteiger partial charge in [0.2, 0.25) is 0 Å². The molecule has 0 aliphatic heterocycles. The molecule has 11 nitrogen and oxygen atoms in total. The fourth-order valence-corrected chi connectivity index (χ4v) is 10.8. The Morgan fingerprint density at radius 3 is 0.976 bits per heavy atom. The first kappa shape index (κ1) is 79.4. The highest BCUT2D eigenvalue weighted by atomic mass is 31.2. The molecule has 3 atom stereocenters. The van der Waals surface area contributed by atoms with Gasteiger partial charge in [-0.1, -0.05) is 313 Å². The molecule has 0 aliphatic carbocycles. The van der Waals surface area contributed by atoms with Crippen molar-refractivity contribution in [2.75, 3.05) is 26.4 Å². The Morgan fingerprint density at radius 1 is 0.354 bits per heavy atom. The lowest BCUT2D eigenvalue weighted by molar-refractivity contribution is -0.161. The molecule has 0 spiro atoms. The van der Waals surface area contributed by atoms with E-state index in [4.69, 9.17) is 23.3 Å². The molecular weight excluding hydrogens is 1050 g/mol. The van der Waals surface area contributed by atoms with Crippen LogP contribution in [-0.2, 0) is 42.2 Å². The van der Waals surface area contributed by atoms with Gasteiger partial charge < -0.3 is 24.2 Å². The van der Waals surface area contributed by atoms with Crippen LogP contribution in [0.3, 0.4) is 0 Å². The first-order valence-electron chi connectivity index (χ1n) is 34.5. The molecule has 0 radical (unpaired) electrons. The molecular formula is C70H129O11P. The van der Waals surface area contributed by atoms with Gasteiger partial charge in [0.25, 0.3) is 0 Å². The minimum Gasteiger partial charge on any atom is -0.462 e. The van der Waals surface area contributed by atoms with E-state index in [1.807, 2.05) is 0 Å². The standard InChI is InChI=1S/C70H129O11P/c1-4-7-10-13-16-19-22-25-28-31-33-36-38-41-44-47-50-53-56-59-68(72)77-63-67(81-70(74)61-58-55-52-49-46-43-40-37-34-32-29-26-23-20-17-14-11-8-5-2)65-79-82(75,76)78-64-66(62-71)80-69(73)60-57-54-51-48-45-42-39-35-30-27-24-21-18-15-12-9-6-3/h7,10,16,19,25,28,33,36,66-67,71H,4-6,8-9,11-15,17-18,20-24,26-27,29-32,34-35,37-65H2,1-3H3,(H,75,76)/b10-7-,19-16-,28-25-,36-33-. The second kappa shape index (κ2) is 64.4. The van der Waals surface area contributed by atoms with Gasteiger partial charge in [0.15, 0.2) is 6.10 Å². The maximum atomic E-state index is 13.0. The van der Waals surface area contributed by atoms with Gasteiger partial charge in [-0.05, 0) is 57.8 Å². The Kier molecular flexibility index (Phi) is 62.4. The zero-order valence-electron chi connectivity index (χ0n) is 53.5. The normalized spacial score (nSPS) is 13.5. The third-order valence-electron chi connectivity index (χ3n) is 15.3. The molecule has 0 aromatic heterocycles. The Balaban J connectivity index is 4.66. The first-order chi connectivity index (χ1) is 40.2. The van der Waals surface area contributed by atoms with Gasteiger partial charge >= 0.3 is 25.7 Å². The van der Waals surface area contributed by atoms with Crippen molar-refractivity contribution >= 4 is 25.7 Å². The van der Waals surface area contributed by atoms with Crippen LogP contribution in [0.2, 0.25) is 0 Å². The molecule has 0 saturated heterocycles. The third kappa shape index (κ3) is 62.0. The molecule has 0 amide bonds. The molecule has 2 N–H and O–H groups in total. The zero-order chi connectivity index (χ0) is 59.8. The molecule has 0 aliphatic rings. The highest BCUT2D eigenvalue weighted by Crippen LogP contribution is 2.43. The molecule has 0 aromatic carbocycles. The van der Waals surface area contributed by atoms with E-state index in [0.717, 1.165) is 103 Å². The van der Waals surface area contributed by atoms with Crippen molar-refractivity contribution in [3.05, 3.63) is 48.6 Å². The fraction of sp³-hybridized carbons (Fsp3) is 0.843. The molecule has 480 valence electrons. The van der Waals surface area contributed by atoms with Gasteiger partial charge in [-0.25, -0.2) is 4.57 Å². The van der Waals surface area contributed by atoms with Crippen LogP contribution >= 0.6 is 7.82 Å². The van der Waals surface area contributed by atoms with Crippen molar-refractivity contribution in [3.63, 3.8) is 0 Å². The summed E-state index contributed by atoms with van der Waals surface area (Å²) in [4.78, 5) is 48.9. The van der Waals surface area contributed by atoms with Gasteiger partial charge in [0.05, 0.1) is 19.8 Å². The van der Waals surface area contributed by atoms with Crippen LogP contribution < -0.4 is 0 Å². The van der Waals surface area contributed by atoms with Crippen LogP contribution in [-0.4, -0.2) is 66.5 Å². The summed E-state index contributed by atoms with van der Waals surface area (Å²) in [5.74, 6) is -1.45. The predicted octanol–water partition coefficient (Wildman–Crippen LogP) is 21.3. The number of esters is 3. The lowest BCUT2D eigenvalue weighted by Crippen LogP contribution is -2.30. The molecule has 82 heavy (non-hydrogen) atoms. The molecule has 0 rings (SSSR count). The number of carbonyl (C=O) groups is 3. The maximum absolute atomic E-state index is 13.0. The van der Waals surface area contributed by atoms with E-state index in [1.54, 1.807) is 0 Å². The number of carbonyl (C=O) groups excluding carboxylic acids is 3. The van der Waals surface area contributed by atoms with E-state index in [1.165, 1.54) is 180 Å². The van der Waals surface area contributed by atoms with Crippen molar-refractivity contribution < 1.29 is 52.2 Å². The van der Waals surface area contributed by atoms with E-state index in [0.29, 0.717) is 19.3 Å². The number of phosphoric acid groups is 1. The number of hydrogen-bond donors (Lipinski definition) is 2. The number of allylic oxidation sites excluding steroid dienone is 8. The summed E-state index contributed by atoms with van der Waals surface area (Å²) in [5.41, 5.74) is 0. The van der Waals surface area contributed by atoms with Crippen LogP contribution in [0.4, 0.5) is 0 Å². The fourth-order valence-electron chi connectivity index (χ4n) is 10.1. The Labute approximate surface area is 504 Å². The molecule has 0 fully saturated rings. The summed E-state index contributed by atoms with van der Waals surface area (Å²) in [7, 11) is -4.76. The van der Waals surface area contributed by atoms with Crippen LogP contribution in [0.1, 0.15) is 342 Å². The molecule has 3 unspecified atom stereocenters. The maximum Gasteiger partial charge on any atom is 0.472 e. The number of unbranched alkanes of at least 4 members (excludes halogenated alkanes) is 40. The Morgan fingerprint density at radius 2 is 0.634 bits per heavy atom. The molecule has 0 aromatic rings. The average Bonchev–Trinajstić information content (AvgIpc) is 3.47. The Bertz CT molecular complexity index is 1560. The summed E-state index contributed by atoms with van der Waals surface area (Å²) < 4.78 is 39.8. The second-order valence-electron chi connectivity index (χ2n) is 23.3. The number of aliphatic hydroxyl groups excluding tert-OH is 1. The van der Waals surface area contributed by atoms with Crippen molar-refractivity contribution in [2.45, 2.75) is 354 Å². The number of aliphatic hydroxyl groups is 1. The summed E-state index contributed by atoms with van der Waals surface area (Å²) in [6.07, 6.45) is 72.0. The monoisotopic (exact) mass is 1180 g/mol. The number of hydrogen-bond acceptors (Lipinski definition) is 10. The van der Waals surface area contributed by atoms with E-state index < -0.39 is 57.8 Å². The summed E-state index contributed by atoms with van der Waals surface area (Å²) in [6.45, 7) is 4.61. The lowest BCUT2D eigenvalue weighted by atomic mass is 10.0. The van der Waals surface area contributed by atoms with Gasteiger partial charge in [-0.15, -0.1) is 0 Å². The van der Waals surface area contributed by atoms with Crippen LogP contribution in [0, 0.1) is 0 Å². The minimum atomic E-state index is -4.76. The second-order valence-corrected chi connectivity index (χ2v) is 24.8. The smallest absolute Gasteiger partial charge is 0.462 e. The lowest BCUT2D eigenvalue weighted by Gasteiger charge is -2.21. The topological polar surface area (TPSA) is 155 Å². The zero-order valence-corrected chi connectivity index (χ0v) is 54.4. The predicted molar refractivity (Wildman–Crippen MR) is 344 cm³/mol. The first-order valence-corrected chi connectivity index (χ1v) is 36.0. The number of phosphoric ester groups is 1.